The molecule has 0 aliphatic carbocycles. The van der Waals surface area contributed by atoms with Crippen LogP contribution >= 0.6 is 0 Å². The quantitative estimate of drug-likeness (QED) is 0.159. The number of nitrogens with two attached hydrogens (primary N) is 1. The Hall–Kier alpha value is -4.68. The number of aryl methyl sites for hydroxylation is 1. The van der Waals surface area contributed by atoms with Gasteiger partial charge in [-0.2, -0.15) is 0 Å². The standard InChI is InChI=1S/C31H40N4O9/c1-6-42-27-17(2)34-26-19(25(27)30(33)41)15-35(29(26)32)16-21(36)18-13-20(31(3,4)5)28(44-12-8-10-24(39)40)22(14-18)43-11-7-9-23(37)38/h13-14,32H,6-12,15-16H2,1-5H3,(H2,33,41)(H,37,38)(H,39,40). The number of carbonyl (C=O) groups excluding carboxylic acids is 2. The van der Waals surface area contributed by atoms with Gasteiger partial charge in [-0.1, -0.05) is 20.8 Å². The normalized spacial score (nSPS) is 12.6. The van der Waals surface area contributed by atoms with E-state index < -0.39 is 23.3 Å². The summed E-state index contributed by atoms with van der Waals surface area (Å²) in [5, 5.41) is 26.7. The molecule has 2 aromatic rings. The zero-order chi connectivity index (χ0) is 32.8. The molecule has 0 unspecified atom stereocenters. The largest absolute Gasteiger partial charge is 0.491 e. The van der Waals surface area contributed by atoms with Crippen molar-refractivity contribution < 1.29 is 43.6 Å². The molecule has 44 heavy (non-hydrogen) atoms. The number of hydrogen-bond acceptors (Lipinski definition) is 9. The third-order valence-electron chi connectivity index (χ3n) is 6.94. The molecule has 1 aliphatic heterocycles. The number of nitrogens with one attached hydrogen (secondary N) is 1. The predicted molar refractivity (Wildman–Crippen MR) is 160 cm³/mol. The second kappa shape index (κ2) is 14.2. The highest BCUT2D eigenvalue weighted by Gasteiger charge is 2.35. The number of rotatable bonds is 16. The Morgan fingerprint density at radius 1 is 1.00 bits per heavy atom. The van der Waals surface area contributed by atoms with Crippen molar-refractivity contribution in [3.8, 4) is 17.2 Å². The number of carbonyl (C=O) groups is 4. The van der Waals surface area contributed by atoms with Crippen molar-refractivity contribution in [2.75, 3.05) is 26.4 Å². The van der Waals surface area contributed by atoms with Crippen LogP contribution in [-0.4, -0.2) is 75.9 Å². The van der Waals surface area contributed by atoms with Crippen LogP contribution in [0.15, 0.2) is 12.1 Å². The molecule has 0 fully saturated rings. The lowest BCUT2D eigenvalue weighted by Crippen LogP contribution is -2.31. The van der Waals surface area contributed by atoms with Crippen LogP contribution in [0.25, 0.3) is 0 Å². The van der Waals surface area contributed by atoms with Crippen LogP contribution in [0.3, 0.4) is 0 Å². The number of benzene rings is 1. The van der Waals surface area contributed by atoms with Crippen LogP contribution in [0, 0.1) is 12.3 Å². The highest BCUT2D eigenvalue weighted by atomic mass is 16.5. The van der Waals surface area contributed by atoms with Gasteiger partial charge in [-0.25, -0.2) is 4.98 Å². The van der Waals surface area contributed by atoms with Gasteiger partial charge in [-0.3, -0.25) is 24.6 Å². The first-order valence-electron chi connectivity index (χ1n) is 14.4. The summed E-state index contributed by atoms with van der Waals surface area (Å²) in [6, 6.07) is 3.21. The zero-order valence-electron chi connectivity index (χ0n) is 25.7. The number of Topliss-reactive ketones (excluding diaryl/α,β-unsaturated/α-hetero) is 1. The number of carboxylic acid groups (broad SMARTS) is 2. The number of hydrogen-bond donors (Lipinski definition) is 4. The van der Waals surface area contributed by atoms with Crippen molar-refractivity contribution in [2.24, 2.45) is 5.73 Å². The average Bonchev–Trinajstić information content (AvgIpc) is 3.22. The highest BCUT2D eigenvalue weighted by molar-refractivity contribution is 6.08. The van der Waals surface area contributed by atoms with Crippen LogP contribution in [0.2, 0.25) is 0 Å². The van der Waals surface area contributed by atoms with E-state index in [9.17, 15) is 19.2 Å². The van der Waals surface area contributed by atoms with E-state index in [-0.39, 0.29) is 98.5 Å². The van der Waals surface area contributed by atoms with Crippen LogP contribution in [0.1, 0.15) is 96.6 Å². The summed E-state index contributed by atoms with van der Waals surface area (Å²) < 4.78 is 17.6. The van der Waals surface area contributed by atoms with Crippen molar-refractivity contribution in [3.05, 3.63) is 45.8 Å². The van der Waals surface area contributed by atoms with Gasteiger partial charge in [0.15, 0.2) is 23.0 Å². The number of primary amides is 1. The van der Waals surface area contributed by atoms with E-state index in [4.69, 9.17) is 35.6 Å². The fourth-order valence-corrected chi connectivity index (χ4v) is 4.85. The Morgan fingerprint density at radius 2 is 1.61 bits per heavy atom. The predicted octanol–water partition coefficient (Wildman–Crippen LogP) is 3.70. The third-order valence-corrected chi connectivity index (χ3v) is 6.94. The van der Waals surface area contributed by atoms with Gasteiger partial charge in [0.25, 0.3) is 5.91 Å². The van der Waals surface area contributed by atoms with Crippen LogP contribution < -0.4 is 19.9 Å². The number of nitrogens with zero attached hydrogens (tertiary/aromatic N) is 2. The van der Waals surface area contributed by atoms with Crippen molar-refractivity contribution in [3.63, 3.8) is 0 Å². The molecule has 0 radical (unpaired) electrons. The average molecular weight is 613 g/mol. The van der Waals surface area contributed by atoms with Crippen molar-refractivity contribution >= 4 is 29.5 Å². The molecule has 13 heteroatoms. The number of amides is 1. The van der Waals surface area contributed by atoms with E-state index in [0.717, 1.165) is 0 Å². The van der Waals surface area contributed by atoms with E-state index in [1.807, 2.05) is 20.8 Å². The number of pyridine rings is 1. The van der Waals surface area contributed by atoms with Gasteiger partial charge in [-0.05, 0) is 44.2 Å². The Bertz CT molecular complexity index is 1460. The first-order valence-corrected chi connectivity index (χ1v) is 14.4. The summed E-state index contributed by atoms with van der Waals surface area (Å²) in [4.78, 5) is 54.1. The molecule has 1 aromatic carbocycles. The molecular weight excluding hydrogens is 572 g/mol. The minimum absolute atomic E-state index is 0.0263. The molecule has 0 saturated heterocycles. The molecule has 3 rings (SSSR count). The lowest BCUT2D eigenvalue weighted by atomic mass is 9.84. The Balaban J connectivity index is 1.96. The van der Waals surface area contributed by atoms with Gasteiger partial charge < -0.3 is 35.1 Å². The molecule has 0 atom stereocenters. The number of aliphatic carboxylic acids is 2. The summed E-state index contributed by atoms with van der Waals surface area (Å²) in [6.07, 6.45) is 0.279. The molecule has 0 saturated carbocycles. The molecule has 0 bridgehead atoms. The van der Waals surface area contributed by atoms with Crippen molar-refractivity contribution in [1.29, 1.82) is 5.41 Å². The van der Waals surface area contributed by atoms with Gasteiger partial charge in [0.1, 0.15) is 11.5 Å². The van der Waals surface area contributed by atoms with E-state index >= 15 is 0 Å². The highest BCUT2D eigenvalue weighted by Crippen LogP contribution is 2.41. The Kier molecular flexibility index (Phi) is 10.9. The monoisotopic (exact) mass is 612 g/mol. The molecule has 1 amide bonds. The number of fused-ring (bicyclic) bond motifs is 1. The van der Waals surface area contributed by atoms with Crippen LogP contribution in [0.5, 0.6) is 17.2 Å². The van der Waals surface area contributed by atoms with E-state index in [0.29, 0.717) is 22.6 Å². The summed E-state index contributed by atoms with van der Waals surface area (Å²) in [5.41, 5.74) is 7.32. The molecule has 1 aromatic heterocycles. The van der Waals surface area contributed by atoms with Crippen molar-refractivity contribution in [1.82, 2.24) is 9.88 Å². The number of aromatic nitrogens is 1. The molecule has 13 nitrogen and oxygen atoms in total. The van der Waals surface area contributed by atoms with Gasteiger partial charge in [0, 0.05) is 36.1 Å². The number of ether oxygens (including phenoxy) is 3. The number of ketones is 1. The second-order valence-corrected chi connectivity index (χ2v) is 11.4. The minimum atomic E-state index is -0.968. The maximum absolute atomic E-state index is 13.7. The van der Waals surface area contributed by atoms with E-state index in [1.54, 1.807) is 19.9 Å². The molecule has 2 heterocycles. The summed E-state index contributed by atoms with van der Waals surface area (Å²) in [6.45, 7) is 9.49. The van der Waals surface area contributed by atoms with Crippen LogP contribution in [-0.2, 0) is 21.5 Å². The van der Waals surface area contributed by atoms with E-state index in [2.05, 4.69) is 4.98 Å². The second-order valence-electron chi connectivity index (χ2n) is 11.4. The number of amidine groups is 1. The lowest BCUT2D eigenvalue weighted by molar-refractivity contribution is -0.138. The fraction of sp³-hybridized carbons (Fsp3) is 0.484. The van der Waals surface area contributed by atoms with Gasteiger partial charge in [0.2, 0.25) is 0 Å². The van der Waals surface area contributed by atoms with E-state index in [1.165, 1.54) is 11.0 Å². The maximum Gasteiger partial charge on any atom is 0.303 e. The SMILES string of the molecule is CCOc1c(C)nc2c(c1C(N)=O)CN(CC(=O)c1cc(OCCCC(=O)O)c(OCCCC(=O)O)c(C(C)(C)C)c1)C2=N. The molecule has 5 N–H and O–H groups in total. The van der Waals surface area contributed by atoms with Crippen LogP contribution in [0.4, 0.5) is 0 Å². The van der Waals surface area contributed by atoms with Gasteiger partial charge in [-0.15, -0.1) is 0 Å². The fourth-order valence-electron chi connectivity index (χ4n) is 4.85. The van der Waals surface area contributed by atoms with Gasteiger partial charge >= 0.3 is 11.9 Å². The summed E-state index contributed by atoms with van der Waals surface area (Å²) >= 11 is 0. The smallest absolute Gasteiger partial charge is 0.303 e. The first-order chi connectivity index (χ1) is 20.6. The maximum atomic E-state index is 13.7. The summed E-state index contributed by atoms with van der Waals surface area (Å²) in [7, 11) is 0. The molecule has 1 aliphatic rings. The molecular formula is C31H40N4O9. The van der Waals surface area contributed by atoms with Crippen molar-refractivity contribution in [2.45, 2.75) is 72.3 Å². The minimum Gasteiger partial charge on any atom is -0.491 e. The summed E-state index contributed by atoms with van der Waals surface area (Å²) in [5.74, 6) is -2.16. The zero-order valence-corrected chi connectivity index (χ0v) is 25.7. The third kappa shape index (κ3) is 8.03. The lowest BCUT2D eigenvalue weighted by Gasteiger charge is -2.26. The Labute approximate surface area is 255 Å². The molecule has 0 spiro atoms. The Morgan fingerprint density at radius 3 is 2.16 bits per heavy atom. The number of carboxylic acids is 2. The molecule has 238 valence electrons. The first kappa shape index (κ1) is 33.8. The topological polar surface area (TPSA) is 202 Å². The van der Waals surface area contributed by atoms with Gasteiger partial charge in [0.05, 0.1) is 37.6 Å².